The maximum Gasteiger partial charge on any atom is 0.315 e. The van der Waals surface area contributed by atoms with Crippen LogP contribution in [0.25, 0.3) is 11.0 Å². The summed E-state index contributed by atoms with van der Waals surface area (Å²) in [6.45, 7) is 0. The molecule has 122 valence electrons. The van der Waals surface area contributed by atoms with Gasteiger partial charge in [-0.3, -0.25) is 4.79 Å². The minimum Gasteiger partial charge on any atom is -0.504 e. The number of rotatable bonds is 5. The van der Waals surface area contributed by atoms with Crippen LogP contribution in [0.4, 0.5) is 0 Å². The van der Waals surface area contributed by atoms with Gasteiger partial charge in [-0.1, -0.05) is 12.1 Å². The number of aromatic hydroxyl groups is 2. The van der Waals surface area contributed by atoms with Crippen molar-refractivity contribution in [2.24, 2.45) is 5.10 Å². The number of carbonyl (C=O) groups is 1. The van der Waals surface area contributed by atoms with E-state index in [2.05, 4.69) is 20.5 Å². The molecule has 7 nitrogen and oxygen atoms in total. The normalized spacial score (nSPS) is 11.2. The number of nitrogens with zero attached hydrogens (tertiary/aromatic N) is 1. The number of amides is 1. The molecule has 2 aromatic carbocycles. The maximum absolute atomic E-state index is 11.8. The lowest BCUT2D eigenvalue weighted by Crippen LogP contribution is -2.20. The Labute approximate surface area is 141 Å². The third-order valence-corrected chi connectivity index (χ3v) is 4.07. The van der Waals surface area contributed by atoms with Crippen molar-refractivity contribution in [1.29, 1.82) is 0 Å². The van der Waals surface area contributed by atoms with Crippen molar-refractivity contribution in [2.75, 3.05) is 5.75 Å². The third kappa shape index (κ3) is 3.85. The molecule has 0 atom stereocenters. The second-order valence-electron chi connectivity index (χ2n) is 4.95. The number of hydrogen-bond donors (Lipinski definition) is 4. The van der Waals surface area contributed by atoms with Gasteiger partial charge in [-0.05, 0) is 47.7 Å². The number of benzene rings is 2. The molecule has 0 aliphatic rings. The molecule has 0 aliphatic carbocycles. The number of hydrogen-bond acceptors (Lipinski definition) is 5. The van der Waals surface area contributed by atoms with Crippen molar-refractivity contribution >= 4 is 34.9 Å². The predicted molar refractivity (Wildman–Crippen MR) is 91.1 cm³/mol. The Balaban J connectivity index is 1.51. The van der Waals surface area contributed by atoms with Crippen molar-refractivity contribution in [2.45, 2.75) is 5.16 Å². The number of H-pyrrole nitrogens is 2. The van der Waals surface area contributed by atoms with E-state index in [9.17, 15) is 15.0 Å². The van der Waals surface area contributed by atoms with Crippen LogP contribution in [0.3, 0.4) is 0 Å². The highest BCUT2D eigenvalue weighted by molar-refractivity contribution is 7.99. The number of carbonyl (C=O) groups excluding carboxylic acids is 1. The van der Waals surface area contributed by atoms with E-state index in [1.807, 2.05) is 24.3 Å². The van der Waals surface area contributed by atoms with Gasteiger partial charge < -0.3 is 10.2 Å². The number of nitrogens with one attached hydrogen (secondary N) is 3. The zero-order valence-electron chi connectivity index (χ0n) is 12.5. The van der Waals surface area contributed by atoms with Crippen molar-refractivity contribution < 1.29 is 20.0 Å². The van der Waals surface area contributed by atoms with Crippen molar-refractivity contribution in [1.82, 2.24) is 10.4 Å². The van der Waals surface area contributed by atoms with Gasteiger partial charge in [0.05, 0.1) is 12.0 Å². The molecule has 0 unspecified atom stereocenters. The van der Waals surface area contributed by atoms with Crippen LogP contribution in [0.15, 0.2) is 52.7 Å². The van der Waals surface area contributed by atoms with E-state index in [0.29, 0.717) is 5.56 Å². The summed E-state index contributed by atoms with van der Waals surface area (Å²) in [5.41, 5.74) is 4.92. The Kier molecular flexibility index (Phi) is 4.66. The molecule has 1 amide bonds. The van der Waals surface area contributed by atoms with Crippen molar-refractivity contribution in [3.05, 3.63) is 48.0 Å². The summed E-state index contributed by atoms with van der Waals surface area (Å²) < 4.78 is 0. The summed E-state index contributed by atoms with van der Waals surface area (Å²) in [7, 11) is 0. The van der Waals surface area contributed by atoms with Gasteiger partial charge in [-0.25, -0.2) is 15.4 Å². The van der Waals surface area contributed by atoms with Gasteiger partial charge in [0.15, 0.2) is 22.5 Å². The van der Waals surface area contributed by atoms with Crippen LogP contribution < -0.4 is 10.4 Å². The minimum absolute atomic E-state index is 0.196. The first-order chi connectivity index (χ1) is 11.6. The van der Waals surface area contributed by atoms with Gasteiger partial charge in [0.1, 0.15) is 0 Å². The van der Waals surface area contributed by atoms with Crippen LogP contribution in [-0.4, -0.2) is 33.1 Å². The molecule has 0 spiro atoms. The number of thioether (sulfide) groups is 1. The molecule has 8 heteroatoms. The lowest BCUT2D eigenvalue weighted by Gasteiger charge is -1.99. The van der Waals surface area contributed by atoms with Gasteiger partial charge in [-0.15, -0.1) is 0 Å². The highest BCUT2D eigenvalue weighted by atomic mass is 32.2. The molecule has 3 aromatic rings. The van der Waals surface area contributed by atoms with Gasteiger partial charge >= 0.3 is 5.16 Å². The number of phenols is 2. The van der Waals surface area contributed by atoms with E-state index in [1.165, 1.54) is 30.1 Å². The Bertz CT molecular complexity index is 874. The van der Waals surface area contributed by atoms with Crippen molar-refractivity contribution in [3.8, 4) is 11.5 Å². The quantitative estimate of drug-likeness (QED) is 0.244. The Morgan fingerprint density at radius 3 is 2.88 bits per heavy atom. The third-order valence-electron chi connectivity index (χ3n) is 3.17. The molecule has 0 saturated carbocycles. The van der Waals surface area contributed by atoms with Gasteiger partial charge in [0, 0.05) is 0 Å². The summed E-state index contributed by atoms with van der Waals surface area (Å²) in [4.78, 5) is 18.1. The van der Waals surface area contributed by atoms with E-state index >= 15 is 0 Å². The monoisotopic (exact) mass is 343 g/mol. The zero-order chi connectivity index (χ0) is 16.9. The Morgan fingerprint density at radius 2 is 2.08 bits per heavy atom. The van der Waals surface area contributed by atoms with Crippen LogP contribution in [0.5, 0.6) is 11.5 Å². The number of fused-ring (bicyclic) bond motifs is 1. The SMILES string of the molecule is O=C(CSc1[nH]c2ccccc2[nH+]1)N/N=C/c1ccc(O)c(O)c1. The molecular weight excluding hydrogens is 328 g/mol. The molecule has 1 heterocycles. The molecule has 3 rings (SSSR count). The van der Waals surface area contributed by atoms with Crippen LogP contribution >= 0.6 is 11.8 Å². The smallest absolute Gasteiger partial charge is 0.315 e. The Hall–Kier alpha value is -3.00. The molecule has 0 bridgehead atoms. The van der Waals surface area contributed by atoms with Crippen LogP contribution in [0.2, 0.25) is 0 Å². The van der Waals surface area contributed by atoms with E-state index in [4.69, 9.17) is 0 Å². The zero-order valence-corrected chi connectivity index (χ0v) is 13.3. The molecule has 0 fully saturated rings. The van der Waals surface area contributed by atoms with Crippen LogP contribution in [0.1, 0.15) is 5.56 Å². The lowest BCUT2D eigenvalue weighted by atomic mass is 10.2. The second-order valence-corrected chi connectivity index (χ2v) is 5.94. The summed E-state index contributed by atoms with van der Waals surface area (Å²) in [5, 5.41) is 23.2. The number of para-hydroxylation sites is 2. The summed E-state index contributed by atoms with van der Waals surface area (Å²) in [5.74, 6) is -0.509. The minimum atomic E-state index is -0.258. The number of hydrazone groups is 1. The fourth-order valence-electron chi connectivity index (χ4n) is 2.02. The topological polar surface area (TPSA) is 112 Å². The number of imidazole rings is 1. The molecule has 5 N–H and O–H groups in total. The Morgan fingerprint density at radius 1 is 1.25 bits per heavy atom. The first kappa shape index (κ1) is 15.9. The first-order valence-corrected chi connectivity index (χ1v) is 8.07. The van der Waals surface area contributed by atoms with Gasteiger partial charge in [0.25, 0.3) is 5.91 Å². The van der Waals surface area contributed by atoms with Crippen LogP contribution in [0, 0.1) is 0 Å². The van der Waals surface area contributed by atoms with E-state index in [-0.39, 0.29) is 23.2 Å². The van der Waals surface area contributed by atoms with Gasteiger partial charge in [0.2, 0.25) is 0 Å². The van der Waals surface area contributed by atoms with E-state index in [1.54, 1.807) is 6.07 Å². The molecule has 24 heavy (non-hydrogen) atoms. The fourth-order valence-corrected chi connectivity index (χ4v) is 2.72. The molecule has 0 saturated heterocycles. The van der Waals surface area contributed by atoms with Crippen molar-refractivity contribution in [3.63, 3.8) is 0 Å². The number of phenolic OH excluding ortho intramolecular Hbond substituents is 2. The molecular formula is C16H15N4O3S+. The summed E-state index contributed by atoms with van der Waals surface area (Å²) in [6, 6.07) is 12.0. The average Bonchev–Trinajstić information content (AvgIpc) is 2.99. The summed E-state index contributed by atoms with van der Waals surface area (Å²) in [6.07, 6.45) is 1.39. The van der Waals surface area contributed by atoms with Gasteiger partial charge in [-0.2, -0.15) is 5.10 Å². The predicted octanol–water partition coefficient (Wildman–Crippen LogP) is 1.64. The largest absolute Gasteiger partial charge is 0.504 e. The molecule has 0 aliphatic heterocycles. The maximum atomic E-state index is 11.8. The van der Waals surface area contributed by atoms with E-state index < -0.39 is 0 Å². The number of aromatic nitrogens is 2. The standard InChI is InChI=1S/C16H14N4O3S/c21-13-6-5-10(7-14(13)22)8-17-20-15(23)9-24-16-18-11-3-1-2-4-12(11)19-16/h1-8,21-22H,9H2,(H,18,19)(H,20,23)/p+1/b17-8+. The summed E-state index contributed by atoms with van der Waals surface area (Å²) >= 11 is 1.33. The molecule has 0 radical (unpaired) electrons. The average molecular weight is 343 g/mol. The number of aromatic amines is 2. The molecule has 1 aromatic heterocycles. The highest BCUT2D eigenvalue weighted by Gasteiger charge is 2.11. The second kappa shape index (κ2) is 7.05. The highest BCUT2D eigenvalue weighted by Crippen LogP contribution is 2.23. The van der Waals surface area contributed by atoms with E-state index in [0.717, 1.165) is 16.2 Å². The lowest BCUT2D eigenvalue weighted by molar-refractivity contribution is -0.396. The fraction of sp³-hybridized carbons (Fsp3) is 0.0625. The van der Waals surface area contributed by atoms with Crippen LogP contribution in [-0.2, 0) is 4.79 Å². The first-order valence-electron chi connectivity index (χ1n) is 7.08.